The fourth-order valence-corrected chi connectivity index (χ4v) is 4.97. The van der Waals surface area contributed by atoms with Gasteiger partial charge in [-0.25, -0.2) is 4.98 Å². The van der Waals surface area contributed by atoms with Gasteiger partial charge in [-0.15, -0.1) is 0 Å². The molecular weight excluding hydrogens is 456 g/mol. The number of aliphatic hydroxyl groups excluding tert-OH is 1. The number of hydrogen-bond donors (Lipinski definition) is 1. The molecule has 8 nitrogen and oxygen atoms in total. The number of ketones is 1. The van der Waals surface area contributed by atoms with Crippen molar-refractivity contribution in [2.75, 3.05) is 19.1 Å². The summed E-state index contributed by atoms with van der Waals surface area (Å²) in [5, 5.41) is 11.5. The first-order chi connectivity index (χ1) is 16.4. The van der Waals surface area contributed by atoms with Crippen LogP contribution in [0.25, 0.3) is 16.0 Å². The van der Waals surface area contributed by atoms with Crippen molar-refractivity contribution < 1.29 is 28.6 Å². The number of thiazole rings is 1. The number of methoxy groups -OCH3 is 2. The molecule has 0 bridgehead atoms. The highest BCUT2D eigenvalue weighted by molar-refractivity contribution is 7.22. The van der Waals surface area contributed by atoms with E-state index in [1.807, 2.05) is 6.07 Å². The molecule has 4 aromatic rings. The Labute approximate surface area is 198 Å². The van der Waals surface area contributed by atoms with Crippen LogP contribution in [-0.2, 0) is 9.59 Å². The standard InChI is InChI=1S/C25H20N2O6S/c1-13-7-10-18(33-13)21-20(22(28)14-5-4-6-15(11-14)31-2)23(29)24(30)27(21)25-26-17-9-8-16(32-3)12-19(17)34-25/h4-12,21,28H,1-3H3/b22-20+. The summed E-state index contributed by atoms with van der Waals surface area (Å²) in [7, 11) is 3.07. The fraction of sp³-hybridized carbons (Fsp3) is 0.160. The van der Waals surface area contributed by atoms with Gasteiger partial charge in [0.15, 0.2) is 5.13 Å². The van der Waals surface area contributed by atoms with E-state index in [-0.39, 0.29) is 11.3 Å². The molecule has 1 aliphatic rings. The molecule has 3 heterocycles. The number of carbonyl (C=O) groups is 2. The van der Waals surface area contributed by atoms with Gasteiger partial charge in [-0.3, -0.25) is 14.5 Å². The van der Waals surface area contributed by atoms with Gasteiger partial charge in [0.1, 0.15) is 34.8 Å². The van der Waals surface area contributed by atoms with Crippen molar-refractivity contribution in [3.05, 3.63) is 77.3 Å². The minimum atomic E-state index is -0.984. The maximum Gasteiger partial charge on any atom is 0.302 e. The number of aryl methyl sites for hydroxylation is 1. The van der Waals surface area contributed by atoms with Gasteiger partial charge >= 0.3 is 5.91 Å². The summed E-state index contributed by atoms with van der Waals surface area (Å²) in [6.45, 7) is 1.77. The molecule has 172 valence electrons. The molecule has 0 radical (unpaired) electrons. The molecule has 2 aromatic carbocycles. The van der Waals surface area contributed by atoms with E-state index >= 15 is 0 Å². The van der Waals surface area contributed by atoms with Crippen LogP contribution in [-0.4, -0.2) is 36.0 Å². The van der Waals surface area contributed by atoms with E-state index in [2.05, 4.69) is 4.98 Å². The molecule has 1 fully saturated rings. The molecule has 1 aliphatic heterocycles. The van der Waals surface area contributed by atoms with Crippen molar-refractivity contribution in [2.45, 2.75) is 13.0 Å². The lowest BCUT2D eigenvalue weighted by molar-refractivity contribution is -0.132. The SMILES string of the molecule is COc1cccc(/C(O)=C2\C(=O)C(=O)N(c3nc4ccc(OC)cc4s3)C2c2ccc(C)o2)c1. The molecule has 0 saturated carbocycles. The van der Waals surface area contributed by atoms with Gasteiger partial charge in [0, 0.05) is 5.56 Å². The average Bonchev–Trinajstić information content (AvgIpc) is 3.54. The number of carbonyl (C=O) groups excluding carboxylic acids is 2. The lowest BCUT2D eigenvalue weighted by atomic mass is 9.99. The van der Waals surface area contributed by atoms with Crippen molar-refractivity contribution in [2.24, 2.45) is 0 Å². The maximum absolute atomic E-state index is 13.3. The predicted molar refractivity (Wildman–Crippen MR) is 127 cm³/mol. The topological polar surface area (TPSA) is 102 Å². The molecule has 34 heavy (non-hydrogen) atoms. The number of fused-ring (bicyclic) bond motifs is 1. The van der Waals surface area contributed by atoms with Crippen LogP contribution < -0.4 is 14.4 Å². The number of nitrogens with zero attached hydrogens (tertiary/aromatic N) is 2. The van der Waals surface area contributed by atoms with Crippen molar-refractivity contribution in [3.8, 4) is 11.5 Å². The van der Waals surface area contributed by atoms with Crippen molar-refractivity contribution in [3.63, 3.8) is 0 Å². The minimum absolute atomic E-state index is 0.0792. The zero-order valence-corrected chi connectivity index (χ0v) is 19.4. The fourth-order valence-electron chi connectivity index (χ4n) is 3.95. The predicted octanol–water partition coefficient (Wildman–Crippen LogP) is 4.84. The van der Waals surface area contributed by atoms with E-state index in [0.29, 0.717) is 39.2 Å². The first-order valence-corrected chi connectivity index (χ1v) is 11.2. The van der Waals surface area contributed by atoms with E-state index in [4.69, 9.17) is 13.9 Å². The smallest absolute Gasteiger partial charge is 0.302 e. The molecule has 1 saturated heterocycles. The summed E-state index contributed by atoms with van der Waals surface area (Å²) in [6.07, 6.45) is 0. The maximum atomic E-state index is 13.3. The number of hydrogen-bond acceptors (Lipinski definition) is 8. The Hall–Kier alpha value is -4.11. The first kappa shape index (κ1) is 21.7. The van der Waals surface area contributed by atoms with Gasteiger partial charge in [-0.2, -0.15) is 0 Å². The third-order valence-electron chi connectivity index (χ3n) is 5.61. The number of aliphatic hydroxyl groups is 1. The van der Waals surface area contributed by atoms with Crippen LogP contribution in [0, 0.1) is 6.92 Å². The normalized spacial score (nSPS) is 17.5. The highest BCUT2D eigenvalue weighted by Gasteiger charge is 2.49. The van der Waals surface area contributed by atoms with Crippen LogP contribution in [0.15, 0.2) is 64.6 Å². The highest BCUT2D eigenvalue weighted by atomic mass is 32.1. The van der Waals surface area contributed by atoms with Gasteiger partial charge in [-0.1, -0.05) is 23.5 Å². The molecule has 5 rings (SSSR count). The summed E-state index contributed by atoms with van der Waals surface area (Å²) in [5.74, 6) is 0.172. The van der Waals surface area contributed by atoms with E-state index < -0.39 is 17.7 Å². The number of anilines is 1. The molecule has 1 unspecified atom stereocenters. The molecule has 1 N–H and O–H groups in total. The number of aromatic nitrogens is 1. The van der Waals surface area contributed by atoms with Crippen LogP contribution in [0.4, 0.5) is 5.13 Å². The van der Waals surface area contributed by atoms with Gasteiger partial charge in [0.05, 0.1) is 30.0 Å². The van der Waals surface area contributed by atoms with Gasteiger partial charge in [-0.05, 0) is 49.4 Å². The Balaban J connectivity index is 1.70. The van der Waals surface area contributed by atoms with Crippen LogP contribution in [0.1, 0.15) is 23.1 Å². The van der Waals surface area contributed by atoms with Crippen LogP contribution in [0.2, 0.25) is 0 Å². The number of Topliss-reactive ketones (excluding diaryl/α,β-unsaturated/α-hetero) is 1. The number of rotatable bonds is 5. The monoisotopic (exact) mass is 476 g/mol. The second kappa shape index (κ2) is 8.35. The Morgan fingerprint density at radius 3 is 2.53 bits per heavy atom. The number of benzene rings is 2. The van der Waals surface area contributed by atoms with E-state index in [1.54, 1.807) is 62.6 Å². The molecule has 2 aromatic heterocycles. The van der Waals surface area contributed by atoms with Crippen molar-refractivity contribution in [1.82, 2.24) is 4.98 Å². The lowest BCUT2D eigenvalue weighted by Crippen LogP contribution is -2.29. The summed E-state index contributed by atoms with van der Waals surface area (Å²) < 4.78 is 17.1. The summed E-state index contributed by atoms with van der Waals surface area (Å²) in [6, 6.07) is 14.5. The van der Waals surface area contributed by atoms with Crippen LogP contribution >= 0.6 is 11.3 Å². The number of amides is 1. The van der Waals surface area contributed by atoms with Crippen molar-refractivity contribution in [1.29, 1.82) is 0 Å². The van der Waals surface area contributed by atoms with Gasteiger partial charge in [0.2, 0.25) is 0 Å². The number of ether oxygens (including phenoxy) is 2. The molecule has 1 atom stereocenters. The van der Waals surface area contributed by atoms with Crippen LogP contribution in [0.3, 0.4) is 0 Å². The average molecular weight is 477 g/mol. The summed E-state index contributed by atoms with van der Waals surface area (Å²) in [4.78, 5) is 32.4. The Morgan fingerprint density at radius 1 is 1.06 bits per heavy atom. The number of furan rings is 1. The minimum Gasteiger partial charge on any atom is -0.507 e. The third kappa shape index (κ3) is 3.50. The highest BCUT2D eigenvalue weighted by Crippen LogP contribution is 2.45. The first-order valence-electron chi connectivity index (χ1n) is 10.4. The van der Waals surface area contributed by atoms with E-state index in [1.165, 1.54) is 23.3 Å². The molecule has 9 heteroatoms. The second-order valence-corrected chi connectivity index (χ2v) is 8.69. The summed E-state index contributed by atoms with van der Waals surface area (Å²) in [5.41, 5.74) is 0.925. The third-order valence-corrected chi connectivity index (χ3v) is 6.63. The Bertz CT molecular complexity index is 1470. The van der Waals surface area contributed by atoms with Gasteiger partial charge < -0.3 is 19.0 Å². The largest absolute Gasteiger partial charge is 0.507 e. The van der Waals surface area contributed by atoms with E-state index in [0.717, 1.165) is 4.70 Å². The Kier molecular flexibility index (Phi) is 5.33. The zero-order chi connectivity index (χ0) is 24.0. The quantitative estimate of drug-likeness (QED) is 0.250. The molecule has 1 amide bonds. The van der Waals surface area contributed by atoms with Crippen molar-refractivity contribution >= 4 is 44.1 Å². The summed E-state index contributed by atoms with van der Waals surface area (Å²) >= 11 is 1.25. The zero-order valence-electron chi connectivity index (χ0n) is 18.6. The molecule has 0 aliphatic carbocycles. The Morgan fingerprint density at radius 2 is 1.82 bits per heavy atom. The van der Waals surface area contributed by atoms with Crippen LogP contribution in [0.5, 0.6) is 11.5 Å². The van der Waals surface area contributed by atoms with Gasteiger partial charge in [0.25, 0.3) is 5.78 Å². The molecular formula is C25H20N2O6S. The lowest BCUT2D eigenvalue weighted by Gasteiger charge is -2.20. The second-order valence-electron chi connectivity index (χ2n) is 7.68. The molecule has 0 spiro atoms. The van der Waals surface area contributed by atoms with E-state index in [9.17, 15) is 14.7 Å².